The highest BCUT2D eigenvalue weighted by molar-refractivity contribution is 5.37. The maximum absolute atomic E-state index is 8.67. The van der Waals surface area contributed by atoms with Crippen LogP contribution in [0.2, 0.25) is 0 Å². The molecule has 1 heteroatoms. The van der Waals surface area contributed by atoms with Crippen molar-refractivity contribution in [2.45, 2.75) is 26.7 Å². The molecule has 62 valence electrons. The first kappa shape index (κ1) is 8.80. The molecule has 0 amide bonds. The van der Waals surface area contributed by atoms with E-state index < -0.39 is 0 Å². The Morgan fingerprint density at radius 3 is 2.75 bits per heavy atom. The standard InChI is InChI=1S/C11H13N/c1-3-4-11-7-10(8-12)6-5-9(11)2/h5-7H,3-4H2,1-2H3. The van der Waals surface area contributed by atoms with Crippen LogP contribution in [0.15, 0.2) is 18.2 Å². The lowest BCUT2D eigenvalue weighted by molar-refractivity contribution is 0.912. The van der Waals surface area contributed by atoms with Crippen molar-refractivity contribution in [2.24, 2.45) is 0 Å². The molecule has 1 aromatic rings. The smallest absolute Gasteiger partial charge is 0.0991 e. The minimum absolute atomic E-state index is 0.768. The summed E-state index contributed by atoms with van der Waals surface area (Å²) in [6.07, 6.45) is 2.21. The molecule has 0 bridgehead atoms. The Morgan fingerprint density at radius 1 is 1.42 bits per heavy atom. The highest BCUT2D eigenvalue weighted by Gasteiger charge is 1.98. The van der Waals surface area contributed by atoms with E-state index in [0.29, 0.717) is 0 Å². The highest BCUT2D eigenvalue weighted by Crippen LogP contribution is 2.12. The molecule has 1 rings (SSSR count). The molecular weight excluding hydrogens is 146 g/mol. The monoisotopic (exact) mass is 159 g/mol. The molecule has 0 fully saturated rings. The predicted molar refractivity (Wildman–Crippen MR) is 49.9 cm³/mol. The lowest BCUT2D eigenvalue weighted by Gasteiger charge is -2.03. The minimum atomic E-state index is 0.768. The van der Waals surface area contributed by atoms with Crippen molar-refractivity contribution < 1.29 is 0 Å². The Labute approximate surface area is 73.6 Å². The average Bonchev–Trinajstić information content (AvgIpc) is 2.09. The molecule has 0 aliphatic heterocycles. The molecule has 0 aliphatic carbocycles. The summed E-state index contributed by atoms with van der Waals surface area (Å²) in [4.78, 5) is 0. The fourth-order valence-electron chi connectivity index (χ4n) is 1.28. The first-order chi connectivity index (χ1) is 5.77. The van der Waals surface area contributed by atoms with E-state index in [9.17, 15) is 0 Å². The third kappa shape index (κ3) is 1.85. The quantitative estimate of drug-likeness (QED) is 0.651. The van der Waals surface area contributed by atoms with Crippen LogP contribution in [0.1, 0.15) is 30.0 Å². The number of hydrogen-bond acceptors (Lipinski definition) is 1. The summed E-state index contributed by atoms with van der Waals surface area (Å²) in [5.74, 6) is 0. The molecule has 0 saturated heterocycles. The van der Waals surface area contributed by atoms with E-state index in [0.717, 1.165) is 18.4 Å². The fourth-order valence-corrected chi connectivity index (χ4v) is 1.28. The molecule has 0 spiro atoms. The van der Waals surface area contributed by atoms with Gasteiger partial charge < -0.3 is 0 Å². The number of nitrogens with zero attached hydrogens (tertiary/aromatic N) is 1. The number of benzene rings is 1. The SMILES string of the molecule is CCCc1cc(C#N)ccc1C. The van der Waals surface area contributed by atoms with Crippen molar-refractivity contribution in [3.05, 3.63) is 34.9 Å². The molecule has 0 heterocycles. The Kier molecular flexibility index (Phi) is 2.88. The van der Waals surface area contributed by atoms with Gasteiger partial charge in [0.1, 0.15) is 0 Å². The summed E-state index contributed by atoms with van der Waals surface area (Å²) in [5, 5.41) is 8.67. The zero-order valence-electron chi connectivity index (χ0n) is 7.59. The van der Waals surface area contributed by atoms with E-state index in [-0.39, 0.29) is 0 Å². The van der Waals surface area contributed by atoms with Gasteiger partial charge in [-0.1, -0.05) is 19.4 Å². The predicted octanol–water partition coefficient (Wildman–Crippen LogP) is 2.82. The van der Waals surface area contributed by atoms with Crippen LogP contribution in [-0.2, 0) is 6.42 Å². The van der Waals surface area contributed by atoms with E-state index in [1.54, 1.807) is 0 Å². The second-order valence-corrected chi connectivity index (χ2v) is 3.00. The summed E-state index contributed by atoms with van der Waals surface area (Å²) in [5.41, 5.74) is 3.36. The van der Waals surface area contributed by atoms with Crippen LogP contribution >= 0.6 is 0 Å². The Balaban J connectivity index is 3.01. The van der Waals surface area contributed by atoms with Gasteiger partial charge in [-0.3, -0.25) is 0 Å². The number of rotatable bonds is 2. The van der Waals surface area contributed by atoms with Crippen molar-refractivity contribution in [3.63, 3.8) is 0 Å². The van der Waals surface area contributed by atoms with Crippen LogP contribution in [0.4, 0.5) is 0 Å². The number of hydrogen-bond donors (Lipinski definition) is 0. The van der Waals surface area contributed by atoms with Gasteiger partial charge in [0.05, 0.1) is 11.6 Å². The van der Waals surface area contributed by atoms with E-state index in [2.05, 4.69) is 19.9 Å². The summed E-state index contributed by atoms with van der Waals surface area (Å²) >= 11 is 0. The van der Waals surface area contributed by atoms with Crippen LogP contribution in [-0.4, -0.2) is 0 Å². The third-order valence-electron chi connectivity index (χ3n) is 2.00. The van der Waals surface area contributed by atoms with Gasteiger partial charge in [0.25, 0.3) is 0 Å². The van der Waals surface area contributed by atoms with E-state index in [4.69, 9.17) is 5.26 Å². The van der Waals surface area contributed by atoms with Gasteiger partial charge in [-0.05, 0) is 36.6 Å². The van der Waals surface area contributed by atoms with Crippen LogP contribution in [0.5, 0.6) is 0 Å². The lowest BCUT2D eigenvalue weighted by atomic mass is 10.0. The van der Waals surface area contributed by atoms with Gasteiger partial charge in [-0.15, -0.1) is 0 Å². The Hall–Kier alpha value is -1.29. The van der Waals surface area contributed by atoms with Crippen LogP contribution in [0.25, 0.3) is 0 Å². The molecule has 0 unspecified atom stereocenters. The van der Waals surface area contributed by atoms with Crippen molar-refractivity contribution in [1.82, 2.24) is 0 Å². The molecule has 0 aliphatic rings. The molecule has 0 N–H and O–H groups in total. The normalized spacial score (nSPS) is 9.42. The van der Waals surface area contributed by atoms with Gasteiger partial charge in [-0.25, -0.2) is 0 Å². The number of nitriles is 1. The van der Waals surface area contributed by atoms with Gasteiger partial charge in [0.15, 0.2) is 0 Å². The van der Waals surface area contributed by atoms with Crippen molar-refractivity contribution in [1.29, 1.82) is 5.26 Å². The summed E-state index contributed by atoms with van der Waals surface area (Å²) in [7, 11) is 0. The molecular formula is C11H13N. The van der Waals surface area contributed by atoms with Crippen LogP contribution in [0, 0.1) is 18.3 Å². The van der Waals surface area contributed by atoms with Gasteiger partial charge in [0, 0.05) is 0 Å². The minimum Gasteiger partial charge on any atom is -0.192 e. The molecule has 1 aromatic carbocycles. The molecule has 0 aromatic heterocycles. The molecule has 1 nitrogen and oxygen atoms in total. The van der Waals surface area contributed by atoms with Crippen molar-refractivity contribution in [2.75, 3.05) is 0 Å². The zero-order chi connectivity index (χ0) is 8.97. The van der Waals surface area contributed by atoms with E-state index in [1.165, 1.54) is 11.1 Å². The fraction of sp³-hybridized carbons (Fsp3) is 0.364. The Bertz CT molecular complexity index is 307. The van der Waals surface area contributed by atoms with E-state index in [1.807, 2.05) is 18.2 Å². The highest BCUT2D eigenvalue weighted by atomic mass is 14.2. The Morgan fingerprint density at radius 2 is 2.17 bits per heavy atom. The van der Waals surface area contributed by atoms with Crippen molar-refractivity contribution >= 4 is 0 Å². The van der Waals surface area contributed by atoms with Gasteiger partial charge in [0.2, 0.25) is 0 Å². The molecule has 12 heavy (non-hydrogen) atoms. The van der Waals surface area contributed by atoms with Gasteiger partial charge in [-0.2, -0.15) is 5.26 Å². The maximum Gasteiger partial charge on any atom is 0.0991 e. The maximum atomic E-state index is 8.67. The molecule has 0 atom stereocenters. The summed E-state index contributed by atoms with van der Waals surface area (Å²) in [6.45, 7) is 4.24. The largest absolute Gasteiger partial charge is 0.192 e. The van der Waals surface area contributed by atoms with Crippen molar-refractivity contribution in [3.8, 4) is 6.07 Å². The van der Waals surface area contributed by atoms with Crippen LogP contribution in [0.3, 0.4) is 0 Å². The average molecular weight is 159 g/mol. The molecule has 0 saturated carbocycles. The lowest BCUT2D eigenvalue weighted by Crippen LogP contribution is -1.89. The zero-order valence-corrected chi connectivity index (χ0v) is 7.59. The first-order valence-electron chi connectivity index (χ1n) is 4.27. The summed E-state index contributed by atoms with van der Waals surface area (Å²) in [6, 6.07) is 8.02. The molecule has 0 radical (unpaired) electrons. The first-order valence-corrected chi connectivity index (χ1v) is 4.27. The summed E-state index contributed by atoms with van der Waals surface area (Å²) < 4.78 is 0. The second kappa shape index (κ2) is 3.92. The third-order valence-corrected chi connectivity index (χ3v) is 2.00. The second-order valence-electron chi connectivity index (χ2n) is 3.00. The van der Waals surface area contributed by atoms with Gasteiger partial charge >= 0.3 is 0 Å². The van der Waals surface area contributed by atoms with E-state index >= 15 is 0 Å². The topological polar surface area (TPSA) is 23.8 Å². The number of aryl methyl sites for hydroxylation is 2. The van der Waals surface area contributed by atoms with Crippen LogP contribution < -0.4 is 0 Å².